The van der Waals surface area contributed by atoms with E-state index in [4.69, 9.17) is 4.74 Å². The predicted molar refractivity (Wildman–Crippen MR) is 124 cm³/mol. The molecule has 1 saturated carbocycles. The number of hydrogen-bond acceptors (Lipinski definition) is 7. The summed E-state index contributed by atoms with van der Waals surface area (Å²) in [5.41, 5.74) is 1.78. The number of nitrogens with zero attached hydrogens (tertiary/aromatic N) is 2. The summed E-state index contributed by atoms with van der Waals surface area (Å²) in [6, 6.07) is 10.5. The molecule has 7 nitrogen and oxygen atoms in total. The highest BCUT2D eigenvalue weighted by molar-refractivity contribution is 7.90. The highest BCUT2D eigenvalue weighted by Gasteiger charge is 2.29. The highest BCUT2D eigenvalue weighted by atomic mass is 32.2. The number of fused-ring (bicyclic) bond motifs is 1. The summed E-state index contributed by atoms with van der Waals surface area (Å²) in [6.45, 7) is 2.26. The summed E-state index contributed by atoms with van der Waals surface area (Å²) >= 11 is 0. The van der Waals surface area contributed by atoms with Crippen molar-refractivity contribution in [1.29, 1.82) is 0 Å². The average Bonchev–Trinajstić information content (AvgIpc) is 2.79. The van der Waals surface area contributed by atoms with Crippen LogP contribution in [0.1, 0.15) is 44.2 Å². The summed E-state index contributed by atoms with van der Waals surface area (Å²) in [6.07, 6.45) is 8.23. The van der Waals surface area contributed by atoms with Crippen LogP contribution >= 0.6 is 0 Å². The molecule has 4 rings (SSSR count). The molecule has 2 heterocycles. The van der Waals surface area contributed by atoms with Crippen LogP contribution in [0, 0.1) is 5.92 Å². The fourth-order valence-corrected chi connectivity index (χ4v) is 4.91. The third kappa shape index (κ3) is 4.91. The minimum atomic E-state index is -3.23. The largest absolute Gasteiger partial charge is 0.466 e. The molecule has 1 aliphatic rings. The van der Waals surface area contributed by atoms with Crippen LogP contribution in [-0.2, 0) is 19.4 Å². The predicted octanol–water partition coefficient (Wildman–Crippen LogP) is 4.61. The van der Waals surface area contributed by atoms with E-state index in [-0.39, 0.29) is 22.7 Å². The van der Waals surface area contributed by atoms with E-state index >= 15 is 0 Å². The van der Waals surface area contributed by atoms with Gasteiger partial charge in [-0.25, -0.2) is 13.4 Å². The SMILES string of the molecule is CCOC(=O)C1CCC(c2nccc3cnc(Nc4ccc(S(C)(=O)=O)cc4)cc23)CC1. The van der Waals surface area contributed by atoms with Crippen LogP contribution in [0.4, 0.5) is 11.5 Å². The molecule has 0 spiro atoms. The summed E-state index contributed by atoms with van der Waals surface area (Å²) in [5.74, 6) is 0.845. The topological polar surface area (TPSA) is 98.2 Å². The van der Waals surface area contributed by atoms with Crippen molar-refractivity contribution in [2.75, 3.05) is 18.2 Å². The van der Waals surface area contributed by atoms with Gasteiger partial charge in [-0.15, -0.1) is 0 Å². The van der Waals surface area contributed by atoms with Crippen molar-refractivity contribution in [2.45, 2.75) is 43.4 Å². The van der Waals surface area contributed by atoms with Crippen molar-refractivity contribution in [3.8, 4) is 0 Å². The monoisotopic (exact) mass is 453 g/mol. The summed E-state index contributed by atoms with van der Waals surface area (Å²) in [4.78, 5) is 21.5. The van der Waals surface area contributed by atoms with E-state index in [0.29, 0.717) is 12.4 Å². The third-order valence-electron chi connectivity index (χ3n) is 5.97. The number of benzene rings is 1. The fourth-order valence-electron chi connectivity index (χ4n) is 4.28. The van der Waals surface area contributed by atoms with E-state index in [2.05, 4.69) is 15.3 Å². The zero-order chi connectivity index (χ0) is 22.7. The van der Waals surface area contributed by atoms with Crippen molar-refractivity contribution in [1.82, 2.24) is 9.97 Å². The van der Waals surface area contributed by atoms with Gasteiger partial charge in [-0.3, -0.25) is 9.78 Å². The second-order valence-corrected chi connectivity index (χ2v) is 10.2. The first-order valence-electron chi connectivity index (χ1n) is 10.8. The van der Waals surface area contributed by atoms with Crippen LogP contribution in [0.5, 0.6) is 0 Å². The smallest absolute Gasteiger partial charge is 0.308 e. The lowest BCUT2D eigenvalue weighted by atomic mass is 9.79. The van der Waals surface area contributed by atoms with Crippen molar-refractivity contribution in [3.63, 3.8) is 0 Å². The van der Waals surface area contributed by atoms with E-state index in [0.717, 1.165) is 47.8 Å². The number of nitrogens with one attached hydrogen (secondary N) is 1. The van der Waals surface area contributed by atoms with Crippen LogP contribution in [0.3, 0.4) is 0 Å². The Morgan fingerprint density at radius 3 is 2.47 bits per heavy atom. The molecule has 0 amide bonds. The summed E-state index contributed by atoms with van der Waals surface area (Å²) in [5, 5.41) is 5.30. The Hall–Kier alpha value is -3.00. The van der Waals surface area contributed by atoms with Crippen LogP contribution in [0.15, 0.2) is 53.7 Å². The molecule has 1 aromatic carbocycles. The number of hydrogen-bond donors (Lipinski definition) is 1. The van der Waals surface area contributed by atoms with Gasteiger partial charge in [0.15, 0.2) is 9.84 Å². The molecule has 8 heteroatoms. The second kappa shape index (κ2) is 9.24. The van der Waals surface area contributed by atoms with Crippen LogP contribution in [-0.4, -0.2) is 37.2 Å². The molecule has 0 saturated heterocycles. The Balaban J connectivity index is 1.54. The van der Waals surface area contributed by atoms with Gasteiger partial charge in [-0.05, 0) is 69.0 Å². The lowest BCUT2D eigenvalue weighted by Crippen LogP contribution is -2.23. The zero-order valence-corrected chi connectivity index (χ0v) is 19.1. The summed E-state index contributed by atoms with van der Waals surface area (Å²) < 4.78 is 28.5. The van der Waals surface area contributed by atoms with E-state index in [1.807, 2.05) is 31.5 Å². The number of sulfone groups is 1. The first-order chi connectivity index (χ1) is 15.3. The maximum absolute atomic E-state index is 12.1. The number of carbonyl (C=O) groups excluding carboxylic acids is 1. The fraction of sp³-hybridized carbons (Fsp3) is 0.375. The molecule has 1 aliphatic carbocycles. The van der Waals surface area contributed by atoms with E-state index < -0.39 is 9.84 Å². The molecule has 0 unspecified atom stereocenters. The van der Waals surface area contributed by atoms with E-state index in [1.54, 1.807) is 24.3 Å². The van der Waals surface area contributed by atoms with Gasteiger partial charge in [0.1, 0.15) is 5.82 Å². The molecule has 0 bridgehead atoms. The first-order valence-corrected chi connectivity index (χ1v) is 12.7. The molecule has 2 aromatic heterocycles. The van der Waals surface area contributed by atoms with Gasteiger partial charge < -0.3 is 10.1 Å². The van der Waals surface area contributed by atoms with Crippen molar-refractivity contribution in [3.05, 3.63) is 54.5 Å². The minimum absolute atomic E-state index is 0.0185. The Morgan fingerprint density at radius 1 is 1.09 bits per heavy atom. The summed E-state index contributed by atoms with van der Waals surface area (Å²) in [7, 11) is -3.23. The Labute approximate surface area is 188 Å². The number of ether oxygens (including phenoxy) is 1. The number of anilines is 2. The third-order valence-corrected chi connectivity index (χ3v) is 7.10. The minimum Gasteiger partial charge on any atom is -0.466 e. The molecule has 168 valence electrons. The molecule has 0 radical (unpaired) electrons. The highest BCUT2D eigenvalue weighted by Crippen LogP contribution is 2.38. The molecular formula is C24H27N3O4S. The van der Waals surface area contributed by atoms with Gasteiger partial charge >= 0.3 is 5.97 Å². The van der Waals surface area contributed by atoms with Gasteiger partial charge in [-0.2, -0.15) is 0 Å². The molecule has 1 N–H and O–H groups in total. The standard InChI is InChI=1S/C24H27N3O4S/c1-3-31-24(28)17-6-4-16(5-7-17)23-21-14-22(26-15-18(21)12-13-25-23)27-19-8-10-20(11-9-19)32(2,29)30/h8-17H,3-7H2,1-2H3,(H,26,27). The van der Waals surface area contributed by atoms with Gasteiger partial charge in [0.2, 0.25) is 0 Å². The number of carbonyl (C=O) groups is 1. The Bertz CT molecular complexity index is 1220. The zero-order valence-electron chi connectivity index (χ0n) is 18.2. The van der Waals surface area contributed by atoms with E-state index in [1.165, 1.54) is 6.26 Å². The maximum atomic E-state index is 12.1. The Kier molecular flexibility index (Phi) is 6.41. The first kappa shape index (κ1) is 22.2. The Morgan fingerprint density at radius 2 is 1.81 bits per heavy atom. The van der Waals surface area contributed by atoms with E-state index in [9.17, 15) is 13.2 Å². The quantitative estimate of drug-likeness (QED) is 0.544. The van der Waals surface area contributed by atoms with Crippen LogP contribution in [0.2, 0.25) is 0 Å². The number of pyridine rings is 2. The van der Waals surface area contributed by atoms with Crippen LogP contribution < -0.4 is 5.32 Å². The van der Waals surface area contributed by atoms with Crippen molar-refractivity contribution < 1.29 is 17.9 Å². The van der Waals surface area contributed by atoms with Gasteiger partial charge in [-0.1, -0.05) is 0 Å². The maximum Gasteiger partial charge on any atom is 0.308 e. The van der Waals surface area contributed by atoms with Gasteiger partial charge in [0.05, 0.1) is 23.1 Å². The van der Waals surface area contributed by atoms with Crippen molar-refractivity contribution >= 4 is 38.1 Å². The number of esters is 1. The molecule has 3 aromatic rings. The lowest BCUT2D eigenvalue weighted by Gasteiger charge is -2.27. The lowest BCUT2D eigenvalue weighted by molar-refractivity contribution is -0.149. The number of aromatic nitrogens is 2. The molecule has 32 heavy (non-hydrogen) atoms. The van der Waals surface area contributed by atoms with Crippen LogP contribution in [0.25, 0.3) is 10.8 Å². The molecule has 0 atom stereocenters. The molecule has 1 fully saturated rings. The average molecular weight is 454 g/mol. The van der Waals surface area contributed by atoms with Gasteiger partial charge in [0, 0.05) is 41.0 Å². The second-order valence-electron chi connectivity index (χ2n) is 8.21. The van der Waals surface area contributed by atoms with Gasteiger partial charge in [0.25, 0.3) is 0 Å². The molecular weight excluding hydrogens is 426 g/mol. The van der Waals surface area contributed by atoms with Crippen molar-refractivity contribution in [2.24, 2.45) is 5.92 Å². The number of rotatable bonds is 6. The normalized spacial score (nSPS) is 18.9. The molecule has 0 aliphatic heterocycles.